The highest BCUT2D eigenvalue weighted by Crippen LogP contribution is 2.23. The van der Waals surface area contributed by atoms with Crippen LogP contribution in [0.5, 0.6) is 0 Å². The van der Waals surface area contributed by atoms with E-state index in [1.807, 2.05) is 35.2 Å². The Morgan fingerprint density at radius 1 is 1.00 bits per heavy atom. The van der Waals surface area contributed by atoms with E-state index in [4.69, 9.17) is 4.74 Å². The molecule has 1 aromatic heterocycles. The number of aromatic nitrogens is 2. The Bertz CT molecular complexity index is 1160. The molecule has 4 rings (SSSR count). The number of aliphatic carboxylic acids is 1. The van der Waals surface area contributed by atoms with E-state index in [0.29, 0.717) is 11.6 Å². The zero-order valence-electron chi connectivity index (χ0n) is 21.3. The molecule has 0 aliphatic carbocycles. The summed E-state index contributed by atoms with van der Waals surface area (Å²) < 4.78 is 5.02. The minimum atomic E-state index is -1.07. The van der Waals surface area contributed by atoms with Crippen LogP contribution < -0.4 is 10.2 Å². The lowest BCUT2D eigenvalue weighted by Crippen LogP contribution is -2.56. The first-order valence-corrected chi connectivity index (χ1v) is 12.8. The van der Waals surface area contributed by atoms with Crippen LogP contribution in [-0.4, -0.2) is 101 Å². The second-order valence-corrected chi connectivity index (χ2v) is 9.11. The number of hydrogen-bond acceptors (Lipinski definition) is 8. The summed E-state index contributed by atoms with van der Waals surface area (Å²) in [6, 6.07) is 9.83. The third kappa shape index (κ3) is 6.55. The van der Waals surface area contributed by atoms with Crippen molar-refractivity contribution in [3.63, 3.8) is 0 Å². The summed E-state index contributed by atoms with van der Waals surface area (Å²) in [6.45, 7) is 4.71. The first-order chi connectivity index (χ1) is 18.4. The maximum absolute atomic E-state index is 13.4. The monoisotopic (exact) mass is 524 g/mol. The number of nitrogens with zero attached hydrogens (tertiary/aromatic N) is 5. The molecule has 38 heavy (non-hydrogen) atoms. The number of carboxylic acids is 1. The highest BCUT2D eigenvalue weighted by molar-refractivity contribution is 5.97. The average Bonchev–Trinajstić information content (AvgIpc) is 2.90. The second-order valence-electron chi connectivity index (χ2n) is 9.11. The number of benzene rings is 1. The Balaban J connectivity index is 1.51. The van der Waals surface area contributed by atoms with Crippen molar-refractivity contribution in [1.29, 1.82) is 0 Å². The van der Waals surface area contributed by atoms with Crippen LogP contribution in [0.15, 0.2) is 36.4 Å². The molecule has 2 aliphatic rings. The molecule has 1 atom stereocenters. The lowest BCUT2D eigenvalue weighted by atomic mass is 10.1. The molecule has 12 heteroatoms. The number of carbonyl (C=O) groups excluding carboxylic acids is 3. The predicted octanol–water partition coefficient (Wildman–Crippen LogP) is 1.62. The van der Waals surface area contributed by atoms with Crippen molar-refractivity contribution in [2.24, 2.45) is 0 Å². The Hall–Kier alpha value is -4.22. The van der Waals surface area contributed by atoms with E-state index in [-0.39, 0.29) is 51.3 Å². The Morgan fingerprint density at radius 2 is 1.68 bits per heavy atom. The fraction of sp³-hybridized carbons (Fsp3) is 0.462. The summed E-state index contributed by atoms with van der Waals surface area (Å²) in [6.07, 6.45) is 0.221. The summed E-state index contributed by atoms with van der Waals surface area (Å²) in [7, 11) is 0. The Labute approximate surface area is 220 Å². The van der Waals surface area contributed by atoms with E-state index in [9.17, 15) is 24.3 Å². The van der Waals surface area contributed by atoms with Gasteiger partial charge in [0.05, 0.1) is 6.61 Å². The predicted molar refractivity (Wildman–Crippen MR) is 138 cm³/mol. The fourth-order valence-corrected chi connectivity index (χ4v) is 4.28. The van der Waals surface area contributed by atoms with E-state index in [2.05, 4.69) is 15.3 Å². The van der Waals surface area contributed by atoms with Crippen molar-refractivity contribution < 1.29 is 29.0 Å². The third-order valence-electron chi connectivity index (χ3n) is 6.52. The van der Waals surface area contributed by atoms with Crippen LogP contribution >= 0.6 is 0 Å². The van der Waals surface area contributed by atoms with Gasteiger partial charge in [0, 0.05) is 57.3 Å². The standard InChI is InChI=1S/C26H32N6O6/c1-2-38-26(37)32-15-13-31(14-16-32)25(36)19(9-10-22(33)34)28-24(35)20-17-21(30-11-6-12-30)29-23(27-20)18-7-4-3-5-8-18/h3-5,7-8,17,19H,2,6,9-16H2,1H3,(H,28,35)(H,33,34). The molecule has 0 saturated carbocycles. The number of hydrogen-bond donors (Lipinski definition) is 2. The SMILES string of the molecule is CCOC(=O)N1CCN(C(=O)C(CCC(=O)O)NC(=O)c2cc(N3CCC3)nc(-c3ccccc3)n2)CC1. The van der Waals surface area contributed by atoms with Crippen LogP contribution in [0.3, 0.4) is 0 Å². The van der Waals surface area contributed by atoms with Gasteiger partial charge < -0.3 is 29.9 Å². The Morgan fingerprint density at radius 3 is 2.29 bits per heavy atom. The number of amides is 3. The lowest BCUT2D eigenvalue weighted by molar-refractivity contribution is -0.138. The number of ether oxygens (including phenoxy) is 1. The molecule has 2 aliphatic heterocycles. The van der Waals surface area contributed by atoms with E-state index < -0.39 is 29.9 Å². The van der Waals surface area contributed by atoms with Gasteiger partial charge in [-0.25, -0.2) is 14.8 Å². The molecule has 3 amide bonds. The van der Waals surface area contributed by atoms with E-state index in [1.165, 1.54) is 9.80 Å². The van der Waals surface area contributed by atoms with Crippen molar-refractivity contribution in [2.75, 3.05) is 50.8 Å². The van der Waals surface area contributed by atoms with Crippen LogP contribution in [-0.2, 0) is 14.3 Å². The van der Waals surface area contributed by atoms with E-state index in [1.54, 1.807) is 13.0 Å². The van der Waals surface area contributed by atoms with Crippen LogP contribution in [0.1, 0.15) is 36.7 Å². The molecule has 0 spiro atoms. The van der Waals surface area contributed by atoms with Gasteiger partial charge in [-0.2, -0.15) is 0 Å². The Kier molecular flexibility index (Phi) is 8.72. The van der Waals surface area contributed by atoms with Gasteiger partial charge >= 0.3 is 12.1 Å². The minimum absolute atomic E-state index is 0.0758. The van der Waals surface area contributed by atoms with Crippen LogP contribution in [0.4, 0.5) is 10.6 Å². The minimum Gasteiger partial charge on any atom is -0.481 e. The smallest absolute Gasteiger partial charge is 0.409 e. The largest absolute Gasteiger partial charge is 0.481 e. The van der Waals surface area contributed by atoms with Crippen LogP contribution in [0, 0.1) is 0 Å². The van der Waals surface area contributed by atoms with Gasteiger partial charge in [0.1, 0.15) is 17.6 Å². The van der Waals surface area contributed by atoms with Crippen molar-refractivity contribution in [3.05, 3.63) is 42.1 Å². The average molecular weight is 525 g/mol. The maximum atomic E-state index is 13.4. The molecule has 1 aromatic carbocycles. The highest BCUT2D eigenvalue weighted by Gasteiger charge is 2.31. The van der Waals surface area contributed by atoms with Crippen molar-refractivity contribution in [2.45, 2.75) is 32.2 Å². The van der Waals surface area contributed by atoms with Crippen LogP contribution in [0.2, 0.25) is 0 Å². The summed E-state index contributed by atoms with van der Waals surface area (Å²) in [4.78, 5) is 64.1. The number of anilines is 1. The molecular formula is C26H32N6O6. The fourth-order valence-electron chi connectivity index (χ4n) is 4.28. The number of rotatable bonds is 9. The van der Waals surface area contributed by atoms with E-state index >= 15 is 0 Å². The molecule has 12 nitrogen and oxygen atoms in total. The quantitative estimate of drug-likeness (QED) is 0.500. The van der Waals surface area contributed by atoms with Crippen molar-refractivity contribution >= 4 is 29.7 Å². The molecule has 2 aromatic rings. The molecule has 2 fully saturated rings. The highest BCUT2D eigenvalue weighted by atomic mass is 16.6. The molecule has 0 bridgehead atoms. The van der Waals surface area contributed by atoms with Gasteiger partial charge in [0.2, 0.25) is 5.91 Å². The normalized spacial score (nSPS) is 15.9. The molecule has 2 N–H and O–H groups in total. The maximum Gasteiger partial charge on any atom is 0.409 e. The van der Waals surface area contributed by atoms with Gasteiger partial charge in [-0.1, -0.05) is 30.3 Å². The number of piperazine rings is 1. The topological polar surface area (TPSA) is 145 Å². The van der Waals surface area contributed by atoms with Gasteiger partial charge in [-0.3, -0.25) is 14.4 Å². The second kappa shape index (κ2) is 12.3. The van der Waals surface area contributed by atoms with Gasteiger partial charge in [-0.15, -0.1) is 0 Å². The van der Waals surface area contributed by atoms with Crippen LogP contribution in [0.25, 0.3) is 11.4 Å². The number of carbonyl (C=O) groups is 4. The summed E-state index contributed by atoms with van der Waals surface area (Å²) in [5, 5.41) is 11.9. The first kappa shape index (κ1) is 26.8. The summed E-state index contributed by atoms with van der Waals surface area (Å²) >= 11 is 0. The number of nitrogens with one attached hydrogen (secondary N) is 1. The van der Waals surface area contributed by atoms with Crippen molar-refractivity contribution in [3.8, 4) is 11.4 Å². The van der Waals surface area contributed by atoms with Crippen molar-refractivity contribution in [1.82, 2.24) is 25.1 Å². The van der Waals surface area contributed by atoms with E-state index in [0.717, 1.165) is 25.1 Å². The summed E-state index contributed by atoms with van der Waals surface area (Å²) in [5.41, 5.74) is 0.850. The molecule has 3 heterocycles. The third-order valence-corrected chi connectivity index (χ3v) is 6.52. The molecule has 202 valence electrons. The van der Waals surface area contributed by atoms with Gasteiger partial charge in [0.25, 0.3) is 5.91 Å². The molecule has 1 unspecified atom stereocenters. The molecular weight excluding hydrogens is 492 g/mol. The summed E-state index contributed by atoms with van der Waals surface area (Å²) in [5.74, 6) is -1.04. The first-order valence-electron chi connectivity index (χ1n) is 12.8. The molecule has 2 saturated heterocycles. The molecule has 0 radical (unpaired) electrons. The number of carboxylic acid groups (broad SMARTS) is 1. The lowest BCUT2D eigenvalue weighted by Gasteiger charge is -2.36. The zero-order valence-corrected chi connectivity index (χ0v) is 21.3. The van der Waals surface area contributed by atoms with Gasteiger partial charge in [0.15, 0.2) is 5.82 Å². The zero-order chi connectivity index (χ0) is 27.1. The van der Waals surface area contributed by atoms with Gasteiger partial charge in [-0.05, 0) is 19.8 Å².